The summed E-state index contributed by atoms with van der Waals surface area (Å²) in [5.41, 5.74) is 1.26. The van der Waals surface area contributed by atoms with E-state index in [1.807, 2.05) is 17.9 Å². The molecule has 1 aromatic heterocycles. The van der Waals surface area contributed by atoms with Crippen molar-refractivity contribution in [3.8, 4) is 0 Å². The summed E-state index contributed by atoms with van der Waals surface area (Å²) in [6, 6.07) is 2.47. The minimum absolute atomic E-state index is 0.361. The molecule has 0 saturated carbocycles. The Morgan fingerprint density at radius 3 is 3.00 bits per heavy atom. The highest BCUT2D eigenvalue weighted by Crippen LogP contribution is 2.34. The molecule has 3 unspecified atom stereocenters. The molecule has 0 aliphatic carbocycles. The number of ether oxygens (including phenoxy) is 1. The van der Waals surface area contributed by atoms with Gasteiger partial charge >= 0.3 is 0 Å². The molecule has 0 spiro atoms. The molecular weight excluding hydrogens is 214 g/mol. The van der Waals surface area contributed by atoms with Gasteiger partial charge in [-0.2, -0.15) is 5.10 Å². The molecule has 1 fully saturated rings. The molecule has 96 valence electrons. The predicted octanol–water partition coefficient (Wildman–Crippen LogP) is 1.89. The molecule has 0 amide bonds. The fourth-order valence-electron chi connectivity index (χ4n) is 2.85. The molecular formula is C13H23N3O. The zero-order valence-electron chi connectivity index (χ0n) is 11.0. The van der Waals surface area contributed by atoms with E-state index in [1.165, 1.54) is 5.69 Å². The van der Waals surface area contributed by atoms with E-state index in [0.29, 0.717) is 18.1 Å². The van der Waals surface area contributed by atoms with Gasteiger partial charge in [-0.15, -0.1) is 0 Å². The fourth-order valence-corrected chi connectivity index (χ4v) is 2.85. The first-order valence-corrected chi connectivity index (χ1v) is 6.60. The molecule has 0 radical (unpaired) electrons. The summed E-state index contributed by atoms with van der Waals surface area (Å²) >= 11 is 0. The van der Waals surface area contributed by atoms with E-state index in [2.05, 4.69) is 30.3 Å². The maximum atomic E-state index is 5.81. The first kappa shape index (κ1) is 12.6. The van der Waals surface area contributed by atoms with Crippen molar-refractivity contribution in [3.63, 3.8) is 0 Å². The number of nitrogens with one attached hydrogen (secondary N) is 1. The summed E-state index contributed by atoms with van der Waals surface area (Å²) in [6.45, 7) is 6.22. The second-order valence-corrected chi connectivity index (χ2v) is 4.69. The quantitative estimate of drug-likeness (QED) is 0.850. The Labute approximate surface area is 103 Å². The van der Waals surface area contributed by atoms with Crippen LogP contribution in [0.5, 0.6) is 0 Å². The van der Waals surface area contributed by atoms with Crippen LogP contribution in [0.25, 0.3) is 0 Å². The summed E-state index contributed by atoms with van der Waals surface area (Å²) in [6.07, 6.45) is 4.48. The van der Waals surface area contributed by atoms with Crippen molar-refractivity contribution in [2.45, 2.75) is 38.8 Å². The number of hydrogen-bond acceptors (Lipinski definition) is 3. The van der Waals surface area contributed by atoms with Crippen LogP contribution < -0.4 is 5.32 Å². The minimum atomic E-state index is 0.361. The second kappa shape index (κ2) is 5.65. The maximum absolute atomic E-state index is 5.81. The van der Waals surface area contributed by atoms with Gasteiger partial charge in [0.1, 0.15) is 0 Å². The van der Waals surface area contributed by atoms with Gasteiger partial charge in [0, 0.05) is 25.8 Å². The molecule has 1 aliphatic heterocycles. The van der Waals surface area contributed by atoms with Gasteiger partial charge in [0.15, 0.2) is 0 Å². The molecule has 3 atom stereocenters. The Morgan fingerprint density at radius 1 is 1.59 bits per heavy atom. The van der Waals surface area contributed by atoms with Gasteiger partial charge in [-0.3, -0.25) is 4.68 Å². The zero-order chi connectivity index (χ0) is 12.3. The molecule has 4 nitrogen and oxygen atoms in total. The van der Waals surface area contributed by atoms with Crippen molar-refractivity contribution < 1.29 is 4.74 Å². The van der Waals surface area contributed by atoms with Crippen molar-refractivity contribution in [2.24, 2.45) is 13.0 Å². The average Bonchev–Trinajstić information content (AvgIpc) is 2.94. The SMILES string of the molecule is CCNC(c1ccnn1C)C1CCOC1CC. The van der Waals surface area contributed by atoms with Crippen LogP contribution in [0.4, 0.5) is 0 Å². The monoisotopic (exact) mass is 237 g/mol. The number of aromatic nitrogens is 2. The lowest BCUT2D eigenvalue weighted by molar-refractivity contribution is 0.0767. The molecule has 1 aliphatic rings. The smallest absolute Gasteiger partial charge is 0.0620 e. The topological polar surface area (TPSA) is 39.1 Å². The Morgan fingerprint density at radius 2 is 2.41 bits per heavy atom. The van der Waals surface area contributed by atoms with Crippen LogP contribution in [0.15, 0.2) is 12.3 Å². The lowest BCUT2D eigenvalue weighted by Crippen LogP contribution is -2.34. The summed E-state index contributed by atoms with van der Waals surface area (Å²) < 4.78 is 7.78. The van der Waals surface area contributed by atoms with Crippen LogP contribution in [0.1, 0.15) is 38.4 Å². The van der Waals surface area contributed by atoms with Gasteiger partial charge in [-0.25, -0.2) is 0 Å². The third-order valence-electron chi connectivity index (χ3n) is 3.69. The Hall–Kier alpha value is -0.870. The van der Waals surface area contributed by atoms with Crippen LogP contribution >= 0.6 is 0 Å². The van der Waals surface area contributed by atoms with E-state index in [0.717, 1.165) is 26.0 Å². The van der Waals surface area contributed by atoms with Crippen LogP contribution in [0.2, 0.25) is 0 Å². The zero-order valence-corrected chi connectivity index (χ0v) is 11.0. The summed E-state index contributed by atoms with van der Waals surface area (Å²) in [7, 11) is 2.01. The van der Waals surface area contributed by atoms with E-state index in [1.54, 1.807) is 0 Å². The third-order valence-corrected chi connectivity index (χ3v) is 3.69. The normalized spacial score (nSPS) is 26.3. The second-order valence-electron chi connectivity index (χ2n) is 4.69. The highest BCUT2D eigenvalue weighted by atomic mass is 16.5. The van der Waals surface area contributed by atoms with Crippen LogP contribution in [0.3, 0.4) is 0 Å². The molecule has 0 aromatic carbocycles. The molecule has 1 saturated heterocycles. The van der Waals surface area contributed by atoms with Crippen LogP contribution in [-0.2, 0) is 11.8 Å². The number of hydrogen-bond donors (Lipinski definition) is 1. The van der Waals surface area contributed by atoms with E-state index < -0.39 is 0 Å². The molecule has 4 heteroatoms. The van der Waals surface area contributed by atoms with Gasteiger partial charge in [0.25, 0.3) is 0 Å². The summed E-state index contributed by atoms with van der Waals surface area (Å²) in [4.78, 5) is 0. The minimum Gasteiger partial charge on any atom is -0.378 e. The van der Waals surface area contributed by atoms with Crippen molar-refractivity contribution >= 4 is 0 Å². The third kappa shape index (κ3) is 2.53. The first-order valence-electron chi connectivity index (χ1n) is 6.60. The van der Waals surface area contributed by atoms with Crippen molar-refractivity contribution in [1.82, 2.24) is 15.1 Å². The van der Waals surface area contributed by atoms with Crippen LogP contribution in [0, 0.1) is 5.92 Å². The Kier molecular flexibility index (Phi) is 4.18. The average molecular weight is 237 g/mol. The Bertz CT molecular complexity index is 350. The summed E-state index contributed by atoms with van der Waals surface area (Å²) in [5, 5.41) is 7.87. The maximum Gasteiger partial charge on any atom is 0.0620 e. The lowest BCUT2D eigenvalue weighted by atomic mass is 9.89. The van der Waals surface area contributed by atoms with Crippen LogP contribution in [-0.4, -0.2) is 29.0 Å². The molecule has 1 N–H and O–H groups in total. The van der Waals surface area contributed by atoms with E-state index >= 15 is 0 Å². The number of aryl methyl sites for hydroxylation is 1. The van der Waals surface area contributed by atoms with Crippen molar-refractivity contribution in [2.75, 3.05) is 13.2 Å². The number of rotatable bonds is 5. The highest BCUT2D eigenvalue weighted by molar-refractivity contribution is 5.10. The molecule has 17 heavy (non-hydrogen) atoms. The fraction of sp³-hybridized carbons (Fsp3) is 0.769. The van der Waals surface area contributed by atoms with Gasteiger partial charge in [0.05, 0.1) is 17.8 Å². The number of nitrogens with zero attached hydrogens (tertiary/aromatic N) is 2. The highest BCUT2D eigenvalue weighted by Gasteiger charge is 2.35. The molecule has 1 aromatic rings. The largest absolute Gasteiger partial charge is 0.378 e. The molecule has 2 rings (SSSR count). The van der Waals surface area contributed by atoms with Gasteiger partial charge in [-0.1, -0.05) is 13.8 Å². The van der Waals surface area contributed by atoms with E-state index in [-0.39, 0.29) is 0 Å². The van der Waals surface area contributed by atoms with Crippen molar-refractivity contribution in [1.29, 1.82) is 0 Å². The van der Waals surface area contributed by atoms with Crippen molar-refractivity contribution in [3.05, 3.63) is 18.0 Å². The summed E-state index contributed by atoms with van der Waals surface area (Å²) in [5.74, 6) is 0.565. The lowest BCUT2D eigenvalue weighted by Gasteiger charge is -2.27. The van der Waals surface area contributed by atoms with Gasteiger partial charge in [0.2, 0.25) is 0 Å². The molecule has 2 heterocycles. The van der Waals surface area contributed by atoms with Gasteiger partial charge < -0.3 is 10.1 Å². The first-order chi connectivity index (χ1) is 8.27. The Balaban J connectivity index is 2.20. The standard InChI is InChI=1S/C13H23N3O/c1-4-12-10(7-9-17-12)13(14-5-2)11-6-8-15-16(11)3/h6,8,10,12-14H,4-5,7,9H2,1-3H3. The molecule has 0 bridgehead atoms. The predicted molar refractivity (Wildman–Crippen MR) is 67.8 cm³/mol. The van der Waals surface area contributed by atoms with E-state index in [4.69, 9.17) is 4.74 Å². The van der Waals surface area contributed by atoms with E-state index in [9.17, 15) is 0 Å². The van der Waals surface area contributed by atoms with Gasteiger partial charge in [-0.05, 0) is 25.5 Å².